The van der Waals surface area contributed by atoms with Gasteiger partial charge in [0.25, 0.3) is 0 Å². The van der Waals surface area contributed by atoms with Crippen LogP contribution in [0.15, 0.2) is 12.4 Å². The Labute approximate surface area is 102 Å². The SMILES string of the molecule is CC(C)n1cc(CNC(C)(C)CC(N)=O)cn1. The summed E-state index contributed by atoms with van der Waals surface area (Å²) in [6.07, 6.45) is 4.18. The third kappa shape index (κ3) is 4.56. The number of rotatable bonds is 6. The van der Waals surface area contributed by atoms with Gasteiger partial charge in [-0.2, -0.15) is 5.10 Å². The summed E-state index contributed by atoms with van der Waals surface area (Å²) in [5.41, 5.74) is 6.02. The minimum Gasteiger partial charge on any atom is -0.370 e. The van der Waals surface area contributed by atoms with Crippen molar-refractivity contribution in [3.8, 4) is 0 Å². The van der Waals surface area contributed by atoms with Gasteiger partial charge in [0.2, 0.25) is 5.91 Å². The van der Waals surface area contributed by atoms with Gasteiger partial charge in [0.15, 0.2) is 0 Å². The highest BCUT2D eigenvalue weighted by molar-refractivity contribution is 5.74. The quantitative estimate of drug-likeness (QED) is 0.782. The van der Waals surface area contributed by atoms with Crippen LogP contribution >= 0.6 is 0 Å². The maximum atomic E-state index is 10.9. The Balaban J connectivity index is 2.52. The number of hydrogen-bond donors (Lipinski definition) is 2. The van der Waals surface area contributed by atoms with E-state index in [-0.39, 0.29) is 11.4 Å². The fourth-order valence-electron chi connectivity index (χ4n) is 1.59. The lowest BCUT2D eigenvalue weighted by Crippen LogP contribution is -2.42. The van der Waals surface area contributed by atoms with E-state index in [0.29, 0.717) is 19.0 Å². The number of primary amides is 1. The lowest BCUT2D eigenvalue weighted by molar-refractivity contribution is -0.119. The predicted octanol–water partition coefficient (Wildman–Crippen LogP) is 1.21. The number of amides is 1. The molecule has 0 atom stereocenters. The van der Waals surface area contributed by atoms with Gasteiger partial charge in [0.05, 0.1) is 6.20 Å². The molecule has 1 heterocycles. The summed E-state index contributed by atoms with van der Waals surface area (Å²) >= 11 is 0. The normalized spacial score (nSPS) is 12.1. The number of carbonyl (C=O) groups excluding carboxylic acids is 1. The monoisotopic (exact) mass is 238 g/mol. The Morgan fingerprint density at radius 2 is 2.24 bits per heavy atom. The van der Waals surface area contributed by atoms with E-state index in [4.69, 9.17) is 5.73 Å². The van der Waals surface area contributed by atoms with Crippen LogP contribution in [0, 0.1) is 0 Å². The molecule has 0 bridgehead atoms. The Bertz CT molecular complexity index is 382. The van der Waals surface area contributed by atoms with Crippen molar-refractivity contribution in [1.82, 2.24) is 15.1 Å². The molecule has 3 N–H and O–H groups in total. The second-order valence-corrected chi connectivity index (χ2v) is 5.30. The second-order valence-electron chi connectivity index (χ2n) is 5.30. The number of hydrogen-bond acceptors (Lipinski definition) is 3. The van der Waals surface area contributed by atoms with E-state index < -0.39 is 0 Å². The Hall–Kier alpha value is -1.36. The van der Waals surface area contributed by atoms with Crippen molar-refractivity contribution in [2.24, 2.45) is 5.73 Å². The zero-order valence-corrected chi connectivity index (χ0v) is 11.0. The largest absolute Gasteiger partial charge is 0.370 e. The molecule has 0 aromatic carbocycles. The average molecular weight is 238 g/mol. The second kappa shape index (κ2) is 5.31. The third-order valence-electron chi connectivity index (χ3n) is 2.57. The summed E-state index contributed by atoms with van der Waals surface area (Å²) in [6, 6.07) is 0.363. The molecule has 0 saturated heterocycles. The fourth-order valence-corrected chi connectivity index (χ4v) is 1.59. The summed E-state index contributed by atoms with van der Waals surface area (Å²) in [7, 11) is 0. The van der Waals surface area contributed by atoms with E-state index in [1.807, 2.05) is 30.9 Å². The van der Waals surface area contributed by atoms with Crippen molar-refractivity contribution >= 4 is 5.91 Å². The van der Waals surface area contributed by atoms with Gasteiger partial charge in [-0.1, -0.05) is 0 Å². The van der Waals surface area contributed by atoms with Crippen LogP contribution in [0.5, 0.6) is 0 Å². The van der Waals surface area contributed by atoms with Gasteiger partial charge in [-0.15, -0.1) is 0 Å². The van der Waals surface area contributed by atoms with E-state index in [2.05, 4.69) is 24.3 Å². The summed E-state index contributed by atoms with van der Waals surface area (Å²) < 4.78 is 1.91. The van der Waals surface area contributed by atoms with Gasteiger partial charge >= 0.3 is 0 Å². The fraction of sp³-hybridized carbons (Fsp3) is 0.667. The first kappa shape index (κ1) is 13.7. The number of nitrogens with one attached hydrogen (secondary N) is 1. The molecule has 1 aromatic rings. The highest BCUT2D eigenvalue weighted by Gasteiger charge is 2.19. The van der Waals surface area contributed by atoms with Crippen molar-refractivity contribution < 1.29 is 4.79 Å². The Morgan fingerprint density at radius 3 is 2.71 bits per heavy atom. The molecule has 0 aliphatic carbocycles. The topological polar surface area (TPSA) is 72.9 Å². The van der Waals surface area contributed by atoms with Crippen molar-refractivity contribution in [3.05, 3.63) is 18.0 Å². The first-order valence-corrected chi connectivity index (χ1v) is 5.86. The lowest BCUT2D eigenvalue weighted by Gasteiger charge is -2.24. The highest BCUT2D eigenvalue weighted by Crippen LogP contribution is 2.10. The molecule has 1 amide bonds. The van der Waals surface area contributed by atoms with Crippen LogP contribution in [0.4, 0.5) is 0 Å². The molecule has 0 fully saturated rings. The maximum Gasteiger partial charge on any atom is 0.219 e. The number of nitrogens with two attached hydrogens (primary N) is 1. The number of carbonyl (C=O) groups is 1. The van der Waals surface area contributed by atoms with Crippen LogP contribution in [0.1, 0.15) is 45.7 Å². The Kier molecular flexibility index (Phi) is 4.28. The van der Waals surface area contributed by atoms with E-state index in [0.717, 1.165) is 5.56 Å². The molecule has 1 rings (SSSR count). The summed E-state index contributed by atoms with van der Waals surface area (Å²) in [5, 5.41) is 7.57. The van der Waals surface area contributed by atoms with Crippen LogP contribution in [0.2, 0.25) is 0 Å². The molecule has 5 nitrogen and oxygen atoms in total. The standard InChI is InChI=1S/C12H22N4O/c1-9(2)16-8-10(7-15-16)6-14-12(3,4)5-11(13)17/h7-9,14H,5-6H2,1-4H3,(H2,13,17). The summed E-state index contributed by atoms with van der Waals surface area (Å²) in [6.45, 7) is 8.78. The van der Waals surface area contributed by atoms with Crippen molar-refractivity contribution in [2.45, 2.75) is 52.2 Å². The molecule has 0 aliphatic rings. The molecule has 0 saturated carbocycles. The molecule has 96 valence electrons. The molecule has 1 aromatic heterocycles. The van der Waals surface area contributed by atoms with E-state index >= 15 is 0 Å². The molecular weight excluding hydrogens is 216 g/mol. The summed E-state index contributed by atoms with van der Waals surface area (Å²) in [5.74, 6) is -0.291. The first-order valence-electron chi connectivity index (χ1n) is 5.86. The zero-order chi connectivity index (χ0) is 13.1. The molecule has 0 spiro atoms. The van der Waals surface area contributed by atoms with Crippen LogP contribution in [0.3, 0.4) is 0 Å². The molecular formula is C12H22N4O. The Morgan fingerprint density at radius 1 is 1.59 bits per heavy atom. The van der Waals surface area contributed by atoms with Gasteiger partial charge in [-0.25, -0.2) is 0 Å². The van der Waals surface area contributed by atoms with E-state index in [1.54, 1.807) is 0 Å². The lowest BCUT2D eigenvalue weighted by atomic mass is 10.0. The average Bonchev–Trinajstić information content (AvgIpc) is 2.61. The predicted molar refractivity (Wildman–Crippen MR) is 67.3 cm³/mol. The third-order valence-corrected chi connectivity index (χ3v) is 2.57. The van der Waals surface area contributed by atoms with Crippen LogP contribution in [-0.4, -0.2) is 21.2 Å². The van der Waals surface area contributed by atoms with Gasteiger partial charge < -0.3 is 11.1 Å². The van der Waals surface area contributed by atoms with E-state index in [1.165, 1.54) is 0 Å². The van der Waals surface area contributed by atoms with Crippen LogP contribution in [0.25, 0.3) is 0 Å². The van der Waals surface area contributed by atoms with Gasteiger partial charge in [-0.3, -0.25) is 9.48 Å². The smallest absolute Gasteiger partial charge is 0.219 e. The van der Waals surface area contributed by atoms with Crippen LogP contribution < -0.4 is 11.1 Å². The minimum atomic E-state index is -0.291. The highest BCUT2D eigenvalue weighted by atomic mass is 16.1. The molecule has 0 aliphatic heterocycles. The van der Waals surface area contributed by atoms with Gasteiger partial charge in [-0.05, 0) is 27.7 Å². The van der Waals surface area contributed by atoms with E-state index in [9.17, 15) is 4.79 Å². The van der Waals surface area contributed by atoms with Crippen molar-refractivity contribution in [1.29, 1.82) is 0 Å². The summed E-state index contributed by atoms with van der Waals surface area (Å²) in [4.78, 5) is 10.9. The number of aromatic nitrogens is 2. The first-order chi connectivity index (χ1) is 7.80. The van der Waals surface area contributed by atoms with Gasteiger partial charge in [0, 0.05) is 36.3 Å². The minimum absolute atomic E-state index is 0.286. The van der Waals surface area contributed by atoms with Crippen molar-refractivity contribution in [3.63, 3.8) is 0 Å². The molecule has 0 unspecified atom stereocenters. The zero-order valence-electron chi connectivity index (χ0n) is 11.0. The molecule has 0 radical (unpaired) electrons. The number of nitrogens with zero attached hydrogens (tertiary/aromatic N) is 2. The van der Waals surface area contributed by atoms with Gasteiger partial charge in [0.1, 0.15) is 0 Å². The van der Waals surface area contributed by atoms with Crippen LogP contribution in [-0.2, 0) is 11.3 Å². The molecule has 5 heteroatoms. The van der Waals surface area contributed by atoms with Crippen molar-refractivity contribution in [2.75, 3.05) is 0 Å². The maximum absolute atomic E-state index is 10.9. The molecule has 17 heavy (non-hydrogen) atoms.